The van der Waals surface area contributed by atoms with E-state index in [0.29, 0.717) is 16.0 Å². The monoisotopic (exact) mass is 387 g/mol. The molecule has 0 bridgehead atoms. The largest absolute Gasteiger partial charge is 0.481 e. The van der Waals surface area contributed by atoms with Gasteiger partial charge in [-0.05, 0) is 53.7 Å². The fraction of sp³-hybridized carbons (Fsp3) is 0.0455. The number of anilines is 1. The quantitative estimate of drug-likeness (QED) is 0.598. The first-order chi connectivity index (χ1) is 13.7. The summed E-state index contributed by atoms with van der Waals surface area (Å²) in [6.07, 6.45) is 3.49. The Labute approximate surface area is 167 Å². The van der Waals surface area contributed by atoms with E-state index < -0.39 is 0 Å². The number of benzene rings is 2. The van der Waals surface area contributed by atoms with Crippen molar-refractivity contribution in [1.82, 2.24) is 4.98 Å². The van der Waals surface area contributed by atoms with Gasteiger partial charge >= 0.3 is 0 Å². The van der Waals surface area contributed by atoms with E-state index in [1.54, 1.807) is 24.3 Å². The predicted molar refractivity (Wildman–Crippen MR) is 114 cm³/mol. The number of nitrogens with zero attached hydrogens (tertiary/aromatic N) is 3. The number of thioether (sulfide) groups is 1. The number of pyridine rings is 1. The lowest BCUT2D eigenvalue weighted by molar-refractivity contribution is -0.113. The molecule has 0 atom stereocenters. The number of amides is 1. The SMILES string of the molecule is COc1cc(C=C2SC(=Nc3ccccc3)N(c3ccccc3)C2=O)ccn1. The van der Waals surface area contributed by atoms with Crippen LogP contribution in [0.5, 0.6) is 5.88 Å². The Balaban J connectivity index is 1.76. The highest BCUT2D eigenvalue weighted by Gasteiger charge is 2.34. The molecule has 4 rings (SSSR count). The predicted octanol–water partition coefficient (Wildman–Crippen LogP) is 4.90. The summed E-state index contributed by atoms with van der Waals surface area (Å²) < 4.78 is 5.17. The van der Waals surface area contributed by atoms with Gasteiger partial charge in [-0.25, -0.2) is 9.98 Å². The molecule has 2 heterocycles. The summed E-state index contributed by atoms with van der Waals surface area (Å²) in [7, 11) is 1.57. The summed E-state index contributed by atoms with van der Waals surface area (Å²) >= 11 is 1.35. The molecule has 1 fully saturated rings. The van der Waals surface area contributed by atoms with Crippen LogP contribution in [0.1, 0.15) is 5.56 Å². The lowest BCUT2D eigenvalue weighted by atomic mass is 10.2. The number of amidine groups is 1. The number of ether oxygens (including phenoxy) is 1. The van der Waals surface area contributed by atoms with Crippen LogP contribution in [0, 0.1) is 0 Å². The molecule has 1 aliphatic rings. The van der Waals surface area contributed by atoms with E-state index in [1.807, 2.05) is 72.8 Å². The zero-order chi connectivity index (χ0) is 19.3. The highest BCUT2D eigenvalue weighted by Crippen LogP contribution is 2.37. The van der Waals surface area contributed by atoms with Crippen LogP contribution in [-0.4, -0.2) is 23.2 Å². The van der Waals surface area contributed by atoms with Crippen LogP contribution in [0.25, 0.3) is 6.08 Å². The number of para-hydroxylation sites is 2. The highest BCUT2D eigenvalue weighted by molar-refractivity contribution is 8.19. The van der Waals surface area contributed by atoms with Crippen molar-refractivity contribution in [2.45, 2.75) is 0 Å². The van der Waals surface area contributed by atoms with Gasteiger partial charge in [-0.3, -0.25) is 9.69 Å². The molecule has 1 aliphatic heterocycles. The van der Waals surface area contributed by atoms with Gasteiger partial charge in [0.15, 0.2) is 5.17 Å². The van der Waals surface area contributed by atoms with Crippen LogP contribution < -0.4 is 9.64 Å². The highest BCUT2D eigenvalue weighted by atomic mass is 32.2. The maximum absolute atomic E-state index is 13.2. The van der Waals surface area contributed by atoms with Crippen LogP contribution in [0.4, 0.5) is 11.4 Å². The van der Waals surface area contributed by atoms with Crippen LogP contribution in [0.15, 0.2) is 88.9 Å². The number of carbonyl (C=O) groups is 1. The molecule has 138 valence electrons. The number of aromatic nitrogens is 1. The van der Waals surface area contributed by atoms with Crippen LogP contribution >= 0.6 is 11.8 Å². The third kappa shape index (κ3) is 3.82. The molecular weight excluding hydrogens is 370 g/mol. The van der Waals surface area contributed by atoms with Crippen LogP contribution in [0.3, 0.4) is 0 Å². The topological polar surface area (TPSA) is 54.8 Å². The van der Waals surface area contributed by atoms with Crippen molar-refractivity contribution in [2.75, 3.05) is 12.0 Å². The minimum atomic E-state index is -0.110. The first-order valence-electron chi connectivity index (χ1n) is 8.67. The molecular formula is C22H17N3O2S. The van der Waals surface area contributed by atoms with Gasteiger partial charge in [0.05, 0.1) is 23.4 Å². The summed E-state index contributed by atoms with van der Waals surface area (Å²) in [4.78, 5) is 24.2. The second-order valence-electron chi connectivity index (χ2n) is 5.95. The normalized spacial score (nSPS) is 16.8. The van der Waals surface area contributed by atoms with E-state index in [2.05, 4.69) is 4.98 Å². The standard InChI is InChI=1S/C22H17N3O2S/c1-27-20-15-16(12-13-23-20)14-19-21(26)25(18-10-6-3-7-11-18)22(28-19)24-17-8-4-2-5-9-17/h2-15H,1H3. The molecule has 1 saturated heterocycles. The number of carbonyl (C=O) groups excluding carboxylic acids is 1. The van der Waals surface area contributed by atoms with Crippen molar-refractivity contribution >= 4 is 40.3 Å². The molecule has 3 aromatic rings. The third-order valence-electron chi connectivity index (χ3n) is 4.07. The Morgan fingerprint density at radius 3 is 2.46 bits per heavy atom. The summed E-state index contributed by atoms with van der Waals surface area (Å²) in [6.45, 7) is 0. The zero-order valence-electron chi connectivity index (χ0n) is 15.1. The summed E-state index contributed by atoms with van der Waals surface area (Å²) in [6, 6.07) is 22.8. The summed E-state index contributed by atoms with van der Waals surface area (Å²) in [5, 5.41) is 0.620. The average molecular weight is 387 g/mol. The van der Waals surface area contributed by atoms with Crippen molar-refractivity contribution in [3.05, 3.63) is 89.5 Å². The molecule has 0 unspecified atom stereocenters. The van der Waals surface area contributed by atoms with Crippen molar-refractivity contribution in [1.29, 1.82) is 0 Å². The first-order valence-corrected chi connectivity index (χ1v) is 9.49. The number of rotatable bonds is 4. The fourth-order valence-corrected chi connectivity index (χ4v) is 3.74. The molecule has 1 amide bonds. The average Bonchev–Trinajstić information content (AvgIpc) is 3.04. The molecule has 5 nitrogen and oxygen atoms in total. The minimum Gasteiger partial charge on any atom is -0.481 e. The van der Waals surface area contributed by atoms with E-state index in [0.717, 1.165) is 16.9 Å². The van der Waals surface area contributed by atoms with Gasteiger partial charge in [0.25, 0.3) is 5.91 Å². The molecule has 6 heteroatoms. The van der Waals surface area contributed by atoms with Crippen LogP contribution in [-0.2, 0) is 4.79 Å². The number of aliphatic imine (C=N–C) groups is 1. The van der Waals surface area contributed by atoms with Gasteiger partial charge in [0, 0.05) is 12.3 Å². The number of hydrogen-bond acceptors (Lipinski definition) is 5. The van der Waals surface area contributed by atoms with Crippen molar-refractivity contribution < 1.29 is 9.53 Å². The summed E-state index contributed by atoms with van der Waals surface area (Å²) in [5.74, 6) is 0.393. The third-order valence-corrected chi connectivity index (χ3v) is 5.04. The van der Waals surface area contributed by atoms with E-state index in [4.69, 9.17) is 9.73 Å². The van der Waals surface area contributed by atoms with E-state index in [1.165, 1.54) is 11.8 Å². The Morgan fingerprint density at radius 2 is 1.75 bits per heavy atom. The van der Waals surface area contributed by atoms with Gasteiger partial charge in [-0.1, -0.05) is 36.4 Å². The van der Waals surface area contributed by atoms with Crippen molar-refractivity contribution in [3.63, 3.8) is 0 Å². The minimum absolute atomic E-state index is 0.110. The summed E-state index contributed by atoms with van der Waals surface area (Å²) in [5.41, 5.74) is 2.42. The van der Waals surface area contributed by atoms with Crippen molar-refractivity contribution in [2.24, 2.45) is 4.99 Å². The lowest BCUT2D eigenvalue weighted by Crippen LogP contribution is -2.28. The Kier molecular flexibility index (Phi) is 5.21. The molecule has 0 saturated carbocycles. The van der Waals surface area contributed by atoms with Crippen molar-refractivity contribution in [3.8, 4) is 5.88 Å². The number of methoxy groups -OCH3 is 1. The molecule has 0 aliphatic carbocycles. The zero-order valence-corrected chi connectivity index (χ0v) is 16.0. The Hall–Kier alpha value is -3.38. The Morgan fingerprint density at radius 1 is 1.04 bits per heavy atom. The number of hydrogen-bond donors (Lipinski definition) is 0. The van der Waals surface area contributed by atoms with Gasteiger partial charge in [-0.2, -0.15) is 0 Å². The van der Waals surface area contributed by atoms with Gasteiger partial charge in [-0.15, -0.1) is 0 Å². The van der Waals surface area contributed by atoms with E-state index in [-0.39, 0.29) is 5.91 Å². The van der Waals surface area contributed by atoms with Gasteiger partial charge in [0.1, 0.15) is 0 Å². The smallest absolute Gasteiger partial charge is 0.271 e. The fourth-order valence-electron chi connectivity index (χ4n) is 2.74. The van der Waals surface area contributed by atoms with E-state index in [9.17, 15) is 4.79 Å². The first kappa shape index (κ1) is 18.0. The molecule has 28 heavy (non-hydrogen) atoms. The lowest BCUT2D eigenvalue weighted by Gasteiger charge is -2.15. The molecule has 0 radical (unpaired) electrons. The second-order valence-corrected chi connectivity index (χ2v) is 6.96. The van der Waals surface area contributed by atoms with Gasteiger partial charge in [0.2, 0.25) is 5.88 Å². The maximum atomic E-state index is 13.2. The maximum Gasteiger partial charge on any atom is 0.271 e. The molecule has 0 N–H and O–H groups in total. The Bertz CT molecular complexity index is 1050. The molecule has 1 aromatic heterocycles. The van der Waals surface area contributed by atoms with Crippen LogP contribution in [0.2, 0.25) is 0 Å². The van der Waals surface area contributed by atoms with Gasteiger partial charge < -0.3 is 4.74 Å². The second kappa shape index (κ2) is 8.10. The molecule has 2 aromatic carbocycles. The molecule has 0 spiro atoms. The van der Waals surface area contributed by atoms with E-state index >= 15 is 0 Å².